The topological polar surface area (TPSA) is 89.9 Å². The van der Waals surface area contributed by atoms with Crippen LogP contribution in [0.5, 0.6) is 0 Å². The molecule has 14 heavy (non-hydrogen) atoms. The van der Waals surface area contributed by atoms with Gasteiger partial charge in [-0.25, -0.2) is 4.18 Å². The molecule has 1 atom stereocenters. The first-order valence-electron chi connectivity index (χ1n) is 2.85. The highest BCUT2D eigenvalue weighted by atomic mass is 32.2. The average Bonchev–Trinajstić information content (AvgIpc) is 1.78. The second-order valence-electron chi connectivity index (χ2n) is 1.92. The lowest BCUT2D eigenvalue weighted by Crippen LogP contribution is -2.24. The molecule has 0 spiro atoms. The van der Waals surface area contributed by atoms with Gasteiger partial charge in [0.05, 0.1) is 0 Å². The van der Waals surface area contributed by atoms with E-state index in [1.54, 1.807) is 0 Å². The molecule has 0 aromatic carbocycles. The zero-order chi connectivity index (χ0) is 11.4. The maximum absolute atomic E-state index is 11.5. The van der Waals surface area contributed by atoms with Gasteiger partial charge in [0, 0.05) is 4.57 Å². The van der Waals surface area contributed by atoms with Crippen molar-refractivity contribution < 1.29 is 39.8 Å². The first kappa shape index (κ1) is 13.7. The van der Waals surface area contributed by atoms with Gasteiger partial charge in [-0.05, 0) is 0 Å². The molecule has 6 nitrogen and oxygen atoms in total. The van der Waals surface area contributed by atoms with Gasteiger partial charge in [0.15, 0.2) is 5.75 Å². The third-order valence-electron chi connectivity index (χ3n) is 0.731. The van der Waals surface area contributed by atoms with Gasteiger partial charge in [-0.3, -0.25) is 0 Å². The van der Waals surface area contributed by atoms with E-state index in [1.807, 2.05) is 0 Å². The van der Waals surface area contributed by atoms with Gasteiger partial charge in [0.2, 0.25) is 6.79 Å². The van der Waals surface area contributed by atoms with Gasteiger partial charge >= 0.3 is 14.4 Å². The fourth-order valence-corrected chi connectivity index (χ4v) is 1.28. The van der Waals surface area contributed by atoms with E-state index in [0.717, 1.165) is 0 Å². The Bertz CT molecular complexity index is 296. The molecule has 0 bridgehead atoms. The van der Waals surface area contributed by atoms with E-state index < -0.39 is 37.1 Å². The summed E-state index contributed by atoms with van der Waals surface area (Å²) in [5.74, 6) is -2.18. The third kappa shape index (κ3) is 8.32. The number of rotatable bonds is 5. The Kier molecular flexibility index (Phi) is 4.89. The van der Waals surface area contributed by atoms with Gasteiger partial charge < -0.3 is 0 Å². The van der Waals surface area contributed by atoms with E-state index in [-0.39, 0.29) is 0 Å². The predicted molar refractivity (Wildman–Crippen MR) is 36.7 cm³/mol. The molecule has 0 heterocycles. The minimum atomic E-state index is -4.93. The van der Waals surface area contributed by atoms with Crippen molar-refractivity contribution >= 4 is 18.4 Å². The second-order valence-corrected chi connectivity index (χ2v) is 4.29. The monoisotopic (exact) mass is 257 g/mol. The van der Waals surface area contributed by atoms with E-state index in [9.17, 15) is 26.2 Å². The Morgan fingerprint density at radius 3 is 2.21 bits per heavy atom. The molecule has 0 aliphatic carbocycles. The van der Waals surface area contributed by atoms with Crippen LogP contribution >= 0.6 is 8.25 Å². The van der Waals surface area contributed by atoms with Crippen molar-refractivity contribution in [3.63, 3.8) is 0 Å². The number of halogens is 3. The highest BCUT2D eigenvalue weighted by Gasteiger charge is 2.36. The standard InChI is InChI=1S/C3H4F3O6PS/c4-3(5,6)1-14(9,10)12-2-11-13(7)8/h1-2H2/p+1. The lowest BCUT2D eigenvalue weighted by Gasteiger charge is -2.05. The summed E-state index contributed by atoms with van der Waals surface area (Å²) in [5, 5.41) is 0. The van der Waals surface area contributed by atoms with Gasteiger partial charge in [0.25, 0.3) is 10.1 Å². The molecule has 0 radical (unpaired) electrons. The maximum atomic E-state index is 11.5. The molecule has 11 heteroatoms. The summed E-state index contributed by atoms with van der Waals surface area (Å²) in [4.78, 5) is 7.97. The zero-order valence-corrected chi connectivity index (χ0v) is 8.10. The first-order valence-corrected chi connectivity index (χ1v) is 5.56. The predicted octanol–water partition coefficient (Wildman–Crippen LogP) is 0.519. The second kappa shape index (κ2) is 4.99. The largest absolute Gasteiger partial charge is 0.697 e. The fraction of sp³-hybridized carbons (Fsp3) is 1.00. The summed E-state index contributed by atoms with van der Waals surface area (Å²) in [7, 11) is -7.93. The van der Waals surface area contributed by atoms with Gasteiger partial charge in [-0.1, -0.05) is 4.52 Å². The van der Waals surface area contributed by atoms with Crippen LogP contribution in [0.25, 0.3) is 0 Å². The molecule has 0 aliphatic rings. The highest BCUT2D eigenvalue weighted by Crippen LogP contribution is 2.19. The molecular weight excluding hydrogens is 252 g/mol. The SMILES string of the molecule is O=[P+](O)OCOS(=O)(=O)CC(F)(F)F. The van der Waals surface area contributed by atoms with E-state index in [2.05, 4.69) is 8.71 Å². The Morgan fingerprint density at radius 1 is 1.36 bits per heavy atom. The Labute approximate surface area is 77.7 Å². The summed E-state index contributed by atoms with van der Waals surface area (Å²) in [5.41, 5.74) is 0. The van der Waals surface area contributed by atoms with Crippen LogP contribution in [0.2, 0.25) is 0 Å². The van der Waals surface area contributed by atoms with Crippen molar-refractivity contribution in [3.8, 4) is 0 Å². The number of hydrogen-bond donors (Lipinski definition) is 1. The van der Waals surface area contributed by atoms with Crippen molar-refractivity contribution in [3.05, 3.63) is 0 Å². The van der Waals surface area contributed by atoms with Crippen LogP contribution in [0.1, 0.15) is 0 Å². The Hall–Kier alpha value is -0.280. The van der Waals surface area contributed by atoms with Crippen LogP contribution in [0.3, 0.4) is 0 Å². The van der Waals surface area contributed by atoms with Gasteiger partial charge in [0.1, 0.15) is 0 Å². The molecule has 0 rings (SSSR count). The quantitative estimate of drug-likeness (QED) is 0.438. The Balaban J connectivity index is 4.04. The average molecular weight is 257 g/mol. The fourth-order valence-electron chi connectivity index (χ4n) is 0.382. The summed E-state index contributed by atoms with van der Waals surface area (Å²) in [6.45, 7) is -1.23. The van der Waals surface area contributed by atoms with Gasteiger partial charge in [-0.15, -0.1) is 4.89 Å². The molecule has 0 aliphatic heterocycles. The smallest absolute Gasteiger partial charge is 0.236 e. The van der Waals surface area contributed by atoms with E-state index >= 15 is 0 Å². The molecule has 0 aromatic heterocycles. The van der Waals surface area contributed by atoms with E-state index in [4.69, 9.17) is 4.89 Å². The number of alkyl halides is 3. The molecular formula is C3H5F3O6PS+. The van der Waals surface area contributed by atoms with Crippen LogP contribution < -0.4 is 0 Å². The van der Waals surface area contributed by atoms with E-state index in [0.29, 0.717) is 0 Å². The molecule has 0 amide bonds. The molecule has 84 valence electrons. The summed E-state index contributed by atoms with van der Waals surface area (Å²) in [6.07, 6.45) is -4.93. The summed E-state index contributed by atoms with van der Waals surface area (Å²) >= 11 is 0. The van der Waals surface area contributed by atoms with Crippen molar-refractivity contribution in [1.29, 1.82) is 0 Å². The normalized spacial score (nSPS) is 14.1. The van der Waals surface area contributed by atoms with Crippen molar-refractivity contribution in [2.75, 3.05) is 12.5 Å². The van der Waals surface area contributed by atoms with Crippen LogP contribution in [0.4, 0.5) is 13.2 Å². The van der Waals surface area contributed by atoms with Crippen molar-refractivity contribution in [1.82, 2.24) is 0 Å². The zero-order valence-electron chi connectivity index (χ0n) is 6.39. The summed E-state index contributed by atoms with van der Waals surface area (Å²) in [6, 6.07) is 0. The molecule has 0 saturated carbocycles. The maximum Gasteiger partial charge on any atom is 0.697 e. The van der Waals surface area contributed by atoms with E-state index in [1.165, 1.54) is 0 Å². The molecule has 1 unspecified atom stereocenters. The van der Waals surface area contributed by atoms with Crippen LogP contribution in [0.15, 0.2) is 0 Å². The first-order chi connectivity index (χ1) is 6.12. The third-order valence-corrected chi connectivity index (χ3v) is 2.19. The van der Waals surface area contributed by atoms with Crippen molar-refractivity contribution in [2.24, 2.45) is 0 Å². The van der Waals surface area contributed by atoms with Crippen LogP contribution in [-0.4, -0.2) is 32.0 Å². The van der Waals surface area contributed by atoms with Crippen LogP contribution in [0, 0.1) is 0 Å². The van der Waals surface area contributed by atoms with Gasteiger partial charge in [-0.2, -0.15) is 21.6 Å². The molecule has 0 fully saturated rings. The van der Waals surface area contributed by atoms with Crippen molar-refractivity contribution in [2.45, 2.75) is 6.18 Å². The van der Waals surface area contributed by atoms with Crippen LogP contribution in [-0.2, 0) is 23.4 Å². The minimum Gasteiger partial charge on any atom is -0.236 e. The minimum absolute atomic E-state index is 1.23. The Morgan fingerprint density at radius 2 is 1.86 bits per heavy atom. The highest BCUT2D eigenvalue weighted by molar-refractivity contribution is 7.86. The lowest BCUT2D eigenvalue weighted by atomic mass is 10.8. The molecule has 0 aromatic rings. The molecule has 0 saturated heterocycles. The molecule has 1 N–H and O–H groups in total. The lowest BCUT2D eigenvalue weighted by molar-refractivity contribution is -0.107. The summed E-state index contributed by atoms with van der Waals surface area (Å²) < 4.78 is 72.5. The number of hydrogen-bond acceptors (Lipinski definition) is 5.